The number of fused-ring (bicyclic) bond motifs is 2. The van der Waals surface area contributed by atoms with Crippen molar-refractivity contribution < 1.29 is 60.2 Å². The van der Waals surface area contributed by atoms with Gasteiger partial charge in [0.25, 0.3) is 0 Å². The van der Waals surface area contributed by atoms with Gasteiger partial charge in [-0.2, -0.15) is 11.1 Å². The van der Waals surface area contributed by atoms with Gasteiger partial charge in [0.2, 0.25) is 0 Å². The fourth-order valence-electron chi connectivity index (χ4n) is 3.60. The Morgan fingerprint density at radius 2 is 0.967 bits per heavy atom. The van der Waals surface area contributed by atoms with E-state index in [2.05, 4.69) is 101 Å². The third kappa shape index (κ3) is 8.01. The molecule has 0 bridgehead atoms. The van der Waals surface area contributed by atoms with Crippen LogP contribution in [0, 0.1) is 13.8 Å². The van der Waals surface area contributed by atoms with Crippen molar-refractivity contribution >= 4 is 31.1 Å². The summed E-state index contributed by atoms with van der Waals surface area (Å²) < 4.78 is 0. The van der Waals surface area contributed by atoms with E-state index < -0.39 is 0 Å². The van der Waals surface area contributed by atoms with Crippen LogP contribution in [0.3, 0.4) is 0 Å². The molecule has 0 N–H and O–H groups in total. The van der Waals surface area contributed by atoms with Crippen LogP contribution in [0.25, 0.3) is 21.5 Å². The summed E-state index contributed by atoms with van der Waals surface area (Å²) in [5, 5.41) is 5.59. The van der Waals surface area contributed by atoms with Gasteiger partial charge in [0.15, 0.2) is 0 Å². The zero-order chi connectivity index (χ0) is 19.8. The largest absolute Gasteiger partial charge is 4.00 e. The first-order chi connectivity index (χ1) is 13.1. The fourth-order valence-corrected chi connectivity index (χ4v) is 3.60. The van der Waals surface area contributed by atoms with Crippen molar-refractivity contribution in [1.82, 2.24) is 0 Å². The molecule has 0 aliphatic carbocycles. The number of benzene rings is 2. The molecule has 0 unspecified atom stereocenters. The van der Waals surface area contributed by atoms with E-state index in [1.54, 1.807) is 0 Å². The SMILES string of the molecule is CCc1[cH-]c2ccccc2c1C.CCc1[cH-]c2ccccc2c1C.C[SiH]C.[Br-].[Br-].[Zr+4]. The molecule has 4 aromatic carbocycles. The summed E-state index contributed by atoms with van der Waals surface area (Å²) in [6, 6.07) is 21.8. The van der Waals surface area contributed by atoms with Gasteiger partial charge in [-0.3, -0.25) is 0 Å². The third-order valence-corrected chi connectivity index (χ3v) is 5.11. The van der Waals surface area contributed by atoms with Gasteiger partial charge in [0.05, 0.1) is 0 Å². The Labute approximate surface area is 226 Å². The van der Waals surface area contributed by atoms with Crippen molar-refractivity contribution in [2.24, 2.45) is 0 Å². The molecule has 0 nitrogen and oxygen atoms in total. The van der Waals surface area contributed by atoms with Crippen LogP contribution in [0.15, 0.2) is 60.7 Å². The quantitative estimate of drug-likeness (QED) is 0.234. The van der Waals surface area contributed by atoms with Gasteiger partial charge >= 0.3 is 26.2 Å². The maximum atomic E-state index is 2.30. The molecule has 0 spiro atoms. The third-order valence-electron chi connectivity index (χ3n) is 5.11. The van der Waals surface area contributed by atoms with Crippen LogP contribution in [0.5, 0.6) is 0 Å². The van der Waals surface area contributed by atoms with Crippen LogP contribution in [0.1, 0.15) is 36.1 Å². The summed E-state index contributed by atoms with van der Waals surface area (Å²) in [5.74, 6) is 0. The van der Waals surface area contributed by atoms with E-state index in [-0.39, 0.29) is 60.2 Å². The summed E-state index contributed by atoms with van der Waals surface area (Å²) in [6.07, 6.45) is 2.28. The van der Waals surface area contributed by atoms with Gasteiger partial charge in [-0.05, 0) is 12.8 Å². The Bertz CT molecular complexity index is 905. The zero-order valence-corrected chi connectivity index (χ0v) is 25.8. The maximum Gasteiger partial charge on any atom is 4.00 e. The molecule has 30 heavy (non-hydrogen) atoms. The first-order valence-electron chi connectivity index (χ1n) is 10.1. The molecule has 0 aliphatic rings. The second-order valence-corrected chi connectivity index (χ2v) is 8.20. The average molecular weight is 625 g/mol. The Hall–Kier alpha value is -0.280. The molecule has 0 amide bonds. The average Bonchev–Trinajstić information content (AvgIpc) is 3.20. The summed E-state index contributed by atoms with van der Waals surface area (Å²) in [6.45, 7) is 13.3. The standard InChI is InChI=1S/2C12H13.C2H7Si.2BrH.Zr/c2*1-3-10-8-11-6-4-5-7-12(11)9(10)2;1-3-2;;;/h2*4-8H,3H2,1-2H3;3H,1-2H3;2*1H;/q2*-1;;;;+4/p-2. The van der Waals surface area contributed by atoms with E-state index >= 15 is 0 Å². The van der Waals surface area contributed by atoms with Gasteiger partial charge < -0.3 is 34.0 Å². The van der Waals surface area contributed by atoms with E-state index in [0.717, 1.165) is 22.4 Å². The summed E-state index contributed by atoms with van der Waals surface area (Å²) >= 11 is 0. The smallest absolute Gasteiger partial charge is 1.00 e. The maximum absolute atomic E-state index is 2.30. The molecule has 0 saturated carbocycles. The van der Waals surface area contributed by atoms with Crippen molar-refractivity contribution in [1.29, 1.82) is 0 Å². The van der Waals surface area contributed by atoms with E-state index in [0.29, 0.717) is 0 Å². The molecule has 0 aromatic heterocycles. The minimum atomic E-state index is 0. The van der Waals surface area contributed by atoms with E-state index in [9.17, 15) is 0 Å². The number of halogens is 2. The molecule has 0 heterocycles. The van der Waals surface area contributed by atoms with Crippen LogP contribution in [0.2, 0.25) is 13.1 Å². The van der Waals surface area contributed by atoms with Gasteiger partial charge in [0.1, 0.15) is 0 Å². The van der Waals surface area contributed by atoms with E-state index in [1.165, 1.54) is 43.8 Å². The van der Waals surface area contributed by atoms with Gasteiger partial charge in [-0.15, -0.1) is 81.2 Å². The van der Waals surface area contributed by atoms with Crippen LogP contribution in [0.4, 0.5) is 0 Å². The first kappa shape index (κ1) is 31.9. The van der Waals surface area contributed by atoms with Crippen LogP contribution in [-0.4, -0.2) is 9.52 Å². The van der Waals surface area contributed by atoms with Gasteiger partial charge in [0, 0.05) is 9.52 Å². The molecular formula is C26H33Br2SiZr. The van der Waals surface area contributed by atoms with Crippen molar-refractivity contribution in [2.75, 3.05) is 0 Å². The molecule has 0 atom stereocenters. The van der Waals surface area contributed by atoms with Crippen molar-refractivity contribution in [3.63, 3.8) is 0 Å². The Kier molecular flexibility index (Phi) is 17.4. The predicted molar refractivity (Wildman–Crippen MR) is 126 cm³/mol. The first-order valence-corrected chi connectivity index (χ1v) is 12.4. The molecule has 4 heteroatoms. The van der Waals surface area contributed by atoms with Gasteiger partial charge in [-0.1, -0.05) is 52.9 Å². The summed E-state index contributed by atoms with van der Waals surface area (Å²) in [4.78, 5) is 0. The molecule has 0 aliphatic heterocycles. The molecule has 0 fully saturated rings. The summed E-state index contributed by atoms with van der Waals surface area (Å²) in [7, 11) is 0.750. The monoisotopic (exact) mass is 621 g/mol. The normalized spacial score (nSPS) is 9.27. The predicted octanol–water partition coefficient (Wildman–Crippen LogP) is 1.38. The zero-order valence-electron chi connectivity index (χ0n) is 19.0. The molecule has 4 aromatic rings. The molecule has 0 saturated heterocycles. The van der Waals surface area contributed by atoms with Crippen LogP contribution in [-0.2, 0) is 39.0 Å². The van der Waals surface area contributed by atoms with Crippen LogP contribution < -0.4 is 34.0 Å². The Morgan fingerprint density at radius 1 is 0.667 bits per heavy atom. The molecular weight excluding hydrogens is 591 g/mol. The molecule has 4 rings (SSSR count). The fraction of sp³-hybridized carbons (Fsp3) is 0.308. The van der Waals surface area contributed by atoms with E-state index in [4.69, 9.17) is 0 Å². The topological polar surface area (TPSA) is 0 Å². The molecule has 1 radical (unpaired) electrons. The Balaban J connectivity index is 0. The summed E-state index contributed by atoms with van der Waals surface area (Å²) in [5.41, 5.74) is 5.87. The number of rotatable bonds is 2. The number of hydrogen-bond acceptors (Lipinski definition) is 0. The Morgan fingerprint density at radius 3 is 1.23 bits per heavy atom. The minimum absolute atomic E-state index is 0. The van der Waals surface area contributed by atoms with Crippen molar-refractivity contribution in [3.8, 4) is 0 Å². The van der Waals surface area contributed by atoms with Gasteiger partial charge in [-0.25, -0.2) is 0 Å². The van der Waals surface area contributed by atoms with Crippen molar-refractivity contribution in [2.45, 2.75) is 53.6 Å². The number of aryl methyl sites for hydroxylation is 4. The molecule has 159 valence electrons. The number of hydrogen-bond donors (Lipinski definition) is 0. The van der Waals surface area contributed by atoms with E-state index in [1.807, 2.05) is 0 Å². The minimum Gasteiger partial charge on any atom is -1.00 e. The van der Waals surface area contributed by atoms with Crippen molar-refractivity contribution in [3.05, 3.63) is 82.9 Å². The second kappa shape index (κ2) is 16.4. The van der Waals surface area contributed by atoms with Crippen LogP contribution >= 0.6 is 0 Å². The second-order valence-electron chi connectivity index (χ2n) is 7.05.